The number of aromatic nitrogens is 4. The van der Waals surface area contributed by atoms with Crippen LogP contribution in [0.1, 0.15) is 25.8 Å². The van der Waals surface area contributed by atoms with Crippen LogP contribution in [0, 0.1) is 0 Å². The molecule has 3 rings (SSSR count). The maximum absolute atomic E-state index is 11.2. The lowest BCUT2D eigenvalue weighted by Crippen LogP contribution is -2.30. The average Bonchev–Trinajstić information content (AvgIpc) is 2.97. The first-order valence-corrected chi connectivity index (χ1v) is 7.10. The Morgan fingerprint density at radius 2 is 2.19 bits per heavy atom. The van der Waals surface area contributed by atoms with E-state index in [4.69, 9.17) is 0 Å². The van der Waals surface area contributed by atoms with Gasteiger partial charge in [-0.2, -0.15) is 0 Å². The summed E-state index contributed by atoms with van der Waals surface area (Å²) in [7, 11) is 0. The molecule has 1 saturated heterocycles. The highest BCUT2D eigenvalue weighted by atomic mass is 16.1. The van der Waals surface area contributed by atoms with Crippen molar-refractivity contribution in [3.8, 4) is 11.4 Å². The predicted octanol–water partition coefficient (Wildman–Crippen LogP) is 1.22. The number of tetrazole rings is 1. The molecule has 0 atom stereocenters. The van der Waals surface area contributed by atoms with E-state index in [9.17, 15) is 4.79 Å². The van der Waals surface area contributed by atoms with Gasteiger partial charge in [-0.3, -0.25) is 4.79 Å². The standard InChI is InChI=1S/C14H18N6O/c1-10(21)16-12-4-2-3-11(9-12)14-17-18-19-20(14)13-5-7-15-8-6-13/h2-4,9,13,15H,5-8H2,1H3,(H,16,21). The zero-order valence-corrected chi connectivity index (χ0v) is 11.9. The summed E-state index contributed by atoms with van der Waals surface area (Å²) in [4.78, 5) is 11.2. The minimum absolute atomic E-state index is 0.0925. The molecule has 2 aromatic rings. The van der Waals surface area contributed by atoms with Crippen LogP contribution in [0.5, 0.6) is 0 Å². The number of hydrogen-bond donors (Lipinski definition) is 2. The number of benzene rings is 1. The van der Waals surface area contributed by atoms with E-state index in [1.54, 1.807) is 0 Å². The number of carbonyl (C=O) groups is 1. The molecule has 1 aromatic carbocycles. The van der Waals surface area contributed by atoms with Crippen LogP contribution < -0.4 is 10.6 Å². The van der Waals surface area contributed by atoms with Gasteiger partial charge in [0, 0.05) is 18.2 Å². The Balaban J connectivity index is 1.90. The van der Waals surface area contributed by atoms with Crippen LogP contribution in [0.2, 0.25) is 0 Å². The number of carbonyl (C=O) groups excluding carboxylic acids is 1. The van der Waals surface area contributed by atoms with Gasteiger partial charge in [-0.05, 0) is 48.5 Å². The molecule has 0 saturated carbocycles. The third kappa shape index (κ3) is 3.08. The molecule has 2 N–H and O–H groups in total. The van der Waals surface area contributed by atoms with Crippen LogP contribution >= 0.6 is 0 Å². The molecule has 7 nitrogen and oxygen atoms in total. The topological polar surface area (TPSA) is 84.7 Å². The molecule has 7 heteroatoms. The molecule has 1 fully saturated rings. The molecular formula is C14H18N6O. The zero-order chi connectivity index (χ0) is 14.7. The largest absolute Gasteiger partial charge is 0.326 e. The van der Waals surface area contributed by atoms with Crippen LogP contribution in [-0.4, -0.2) is 39.2 Å². The molecule has 0 unspecified atom stereocenters. The molecule has 2 heterocycles. The quantitative estimate of drug-likeness (QED) is 0.886. The van der Waals surface area contributed by atoms with Gasteiger partial charge < -0.3 is 10.6 Å². The highest BCUT2D eigenvalue weighted by Gasteiger charge is 2.20. The van der Waals surface area contributed by atoms with E-state index in [0.29, 0.717) is 6.04 Å². The summed E-state index contributed by atoms with van der Waals surface area (Å²) in [6.07, 6.45) is 2.03. The summed E-state index contributed by atoms with van der Waals surface area (Å²) in [6, 6.07) is 7.91. The molecule has 1 amide bonds. The third-order valence-electron chi connectivity index (χ3n) is 3.59. The summed E-state index contributed by atoms with van der Waals surface area (Å²) in [6.45, 7) is 3.46. The fourth-order valence-corrected chi connectivity index (χ4v) is 2.62. The summed E-state index contributed by atoms with van der Waals surface area (Å²) in [5.41, 5.74) is 1.66. The van der Waals surface area contributed by atoms with Crippen molar-refractivity contribution in [2.75, 3.05) is 18.4 Å². The zero-order valence-electron chi connectivity index (χ0n) is 11.9. The van der Waals surface area contributed by atoms with E-state index in [-0.39, 0.29) is 5.91 Å². The number of amides is 1. The fraction of sp³-hybridized carbons (Fsp3) is 0.429. The van der Waals surface area contributed by atoms with Crippen molar-refractivity contribution in [3.05, 3.63) is 24.3 Å². The molecule has 0 aliphatic carbocycles. The van der Waals surface area contributed by atoms with E-state index >= 15 is 0 Å². The van der Waals surface area contributed by atoms with Gasteiger partial charge in [-0.1, -0.05) is 12.1 Å². The van der Waals surface area contributed by atoms with Crippen molar-refractivity contribution < 1.29 is 4.79 Å². The second-order valence-corrected chi connectivity index (χ2v) is 5.19. The summed E-state index contributed by atoms with van der Waals surface area (Å²) in [5.74, 6) is 0.652. The summed E-state index contributed by atoms with van der Waals surface area (Å²) < 4.78 is 1.90. The van der Waals surface area contributed by atoms with Crippen LogP contribution in [0.25, 0.3) is 11.4 Å². The maximum atomic E-state index is 11.2. The molecule has 1 aromatic heterocycles. The van der Waals surface area contributed by atoms with Crippen molar-refractivity contribution >= 4 is 11.6 Å². The smallest absolute Gasteiger partial charge is 0.221 e. The number of nitrogens with zero attached hydrogens (tertiary/aromatic N) is 4. The molecule has 110 valence electrons. The predicted molar refractivity (Wildman–Crippen MR) is 78.7 cm³/mol. The normalized spacial score (nSPS) is 15.9. The van der Waals surface area contributed by atoms with Gasteiger partial charge >= 0.3 is 0 Å². The van der Waals surface area contributed by atoms with Crippen molar-refractivity contribution in [1.29, 1.82) is 0 Å². The Labute approximate surface area is 122 Å². The van der Waals surface area contributed by atoms with Crippen LogP contribution in [0.15, 0.2) is 24.3 Å². The van der Waals surface area contributed by atoms with Crippen molar-refractivity contribution in [3.63, 3.8) is 0 Å². The maximum Gasteiger partial charge on any atom is 0.221 e. The second-order valence-electron chi connectivity index (χ2n) is 5.19. The molecule has 1 aliphatic heterocycles. The van der Waals surface area contributed by atoms with Gasteiger partial charge in [-0.25, -0.2) is 4.68 Å². The molecular weight excluding hydrogens is 268 g/mol. The average molecular weight is 286 g/mol. The van der Waals surface area contributed by atoms with E-state index < -0.39 is 0 Å². The number of anilines is 1. The molecule has 0 bridgehead atoms. The Morgan fingerprint density at radius 1 is 1.38 bits per heavy atom. The first-order valence-electron chi connectivity index (χ1n) is 7.10. The lowest BCUT2D eigenvalue weighted by molar-refractivity contribution is -0.114. The lowest BCUT2D eigenvalue weighted by Gasteiger charge is -2.23. The lowest BCUT2D eigenvalue weighted by atomic mass is 10.1. The summed E-state index contributed by atoms with van der Waals surface area (Å²) in [5, 5.41) is 18.2. The van der Waals surface area contributed by atoms with Crippen molar-refractivity contribution in [2.45, 2.75) is 25.8 Å². The van der Waals surface area contributed by atoms with E-state index in [2.05, 4.69) is 26.2 Å². The SMILES string of the molecule is CC(=O)Nc1cccc(-c2nnnn2C2CCNCC2)c1. The molecule has 1 aliphatic rings. The monoisotopic (exact) mass is 286 g/mol. The van der Waals surface area contributed by atoms with Gasteiger partial charge in [0.15, 0.2) is 5.82 Å². The number of piperidine rings is 1. The van der Waals surface area contributed by atoms with E-state index in [0.717, 1.165) is 43.0 Å². The van der Waals surface area contributed by atoms with E-state index in [1.165, 1.54) is 6.92 Å². The molecule has 21 heavy (non-hydrogen) atoms. The third-order valence-corrected chi connectivity index (χ3v) is 3.59. The summed E-state index contributed by atoms with van der Waals surface area (Å²) >= 11 is 0. The van der Waals surface area contributed by atoms with Crippen molar-refractivity contribution in [2.24, 2.45) is 0 Å². The molecule has 0 spiro atoms. The second kappa shape index (κ2) is 6.01. The first-order chi connectivity index (χ1) is 10.2. The first kappa shape index (κ1) is 13.7. The van der Waals surface area contributed by atoms with Crippen LogP contribution in [0.4, 0.5) is 5.69 Å². The fourth-order valence-electron chi connectivity index (χ4n) is 2.62. The number of hydrogen-bond acceptors (Lipinski definition) is 5. The van der Waals surface area contributed by atoms with E-state index in [1.807, 2.05) is 28.9 Å². The molecule has 0 radical (unpaired) electrons. The van der Waals surface area contributed by atoms with Crippen LogP contribution in [-0.2, 0) is 4.79 Å². The highest BCUT2D eigenvalue weighted by Crippen LogP contribution is 2.25. The van der Waals surface area contributed by atoms with Gasteiger partial charge in [0.25, 0.3) is 0 Å². The van der Waals surface area contributed by atoms with Gasteiger partial charge in [0.2, 0.25) is 5.91 Å². The van der Waals surface area contributed by atoms with Gasteiger partial charge in [0.05, 0.1) is 6.04 Å². The number of rotatable bonds is 3. The minimum Gasteiger partial charge on any atom is -0.326 e. The van der Waals surface area contributed by atoms with Crippen molar-refractivity contribution in [1.82, 2.24) is 25.5 Å². The Bertz CT molecular complexity index is 632. The van der Waals surface area contributed by atoms with Gasteiger partial charge in [0.1, 0.15) is 0 Å². The van der Waals surface area contributed by atoms with Gasteiger partial charge in [-0.15, -0.1) is 5.10 Å². The number of nitrogens with one attached hydrogen (secondary N) is 2. The highest BCUT2D eigenvalue weighted by molar-refractivity contribution is 5.89. The Kier molecular flexibility index (Phi) is 3.92. The Hall–Kier alpha value is -2.28. The minimum atomic E-state index is -0.0925. The van der Waals surface area contributed by atoms with Crippen LogP contribution in [0.3, 0.4) is 0 Å². The Morgan fingerprint density at radius 3 is 2.95 bits per heavy atom.